The summed E-state index contributed by atoms with van der Waals surface area (Å²) >= 11 is 0. The van der Waals surface area contributed by atoms with Crippen molar-refractivity contribution < 1.29 is 58.2 Å². The van der Waals surface area contributed by atoms with Crippen molar-refractivity contribution in [3.63, 3.8) is 0 Å². The van der Waals surface area contributed by atoms with Gasteiger partial charge in [0.2, 0.25) is 0 Å². The molecule has 0 bridgehead atoms. The number of nitrogens with one attached hydrogen (secondary N) is 1. The van der Waals surface area contributed by atoms with Crippen LogP contribution >= 0.6 is 0 Å². The molecule has 0 spiro atoms. The predicted molar refractivity (Wildman–Crippen MR) is 55.0 cm³/mol. The van der Waals surface area contributed by atoms with Gasteiger partial charge in [-0.15, -0.1) is 13.1 Å². The van der Waals surface area contributed by atoms with E-state index in [2.05, 4.69) is 41.0 Å². The summed E-state index contributed by atoms with van der Waals surface area (Å²) in [5.41, 5.74) is 1.40. The molecule has 3 heteroatoms. The number of piperazine rings is 1. The first-order valence-electron chi connectivity index (χ1n) is 4.86. The van der Waals surface area contributed by atoms with Crippen LogP contribution in [0.15, 0.2) is 30.3 Å². The fourth-order valence-electron chi connectivity index (χ4n) is 1.69. The average molecular weight is 261 g/mol. The Hall–Kier alpha value is 0.945. The zero-order valence-electron chi connectivity index (χ0n) is 8.74. The van der Waals surface area contributed by atoms with E-state index in [-0.39, 0.29) is 58.2 Å². The maximum atomic E-state index is 4.39. The molecule has 2 rings (SSSR count). The normalized spacial score (nSPS) is 21.3. The van der Waals surface area contributed by atoms with Crippen LogP contribution in [0, 0.1) is 0 Å². The average Bonchev–Trinajstić information content (AvgIpc) is 2.21. The summed E-state index contributed by atoms with van der Waals surface area (Å²) in [6.07, 6.45) is 1.10. The van der Waals surface area contributed by atoms with E-state index in [0.717, 1.165) is 26.1 Å². The standard InChI is InChI=1S/C11H15N2.Rb/c1-2-4-10(5-3-1)8-11-9-12-6-7-13-11;/h1-5,11,13H,6-9H2;/q-1;+1/t11-;/m1./s1. The molecule has 1 aliphatic rings. The second-order valence-corrected chi connectivity index (χ2v) is 3.47. The molecule has 1 heterocycles. The first-order chi connectivity index (χ1) is 6.45. The third kappa shape index (κ3) is 4.21. The number of hydrogen-bond acceptors (Lipinski definition) is 1. The molecule has 1 aliphatic heterocycles. The third-order valence-electron chi connectivity index (χ3n) is 2.38. The van der Waals surface area contributed by atoms with Crippen LogP contribution < -0.4 is 63.5 Å². The van der Waals surface area contributed by atoms with Crippen molar-refractivity contribution in [2.45, 2.75) is 12.5 Å². The maximum Gasteiger partial charge on any atom is 1.00 e. The fourth-order valence-corrected chi connectivity index (χ4v) is 1.69. The number of rotatable bonds is 2. The van der Waals surface area contributed by atoms with Crippen LogP contribution in [0.2, 0.25) is 0 Å². The quantitative estimate of drug-likeness (QED) is 0.694. The molecule has 0 amide bonds. The summed E-state index contributed by atoms with van der Waals surface area (Å²) in [6.45, 7) is 2.98. The Morgan fingerprint density at radius 1 is 1.29 bits per heavy atom. The van der Waals surface area contributed by atoms with Gasteiger partial charge in [0.05, 0.1) is 0 Å². The van der Waals surface area contributed by atoms with Crippen molar-refractivity contribution in [2.24, 2.45) is 0 Å². The Kier molecular flexibility index (Phi) is 6.74. The van der Waals surface area contributed by atoms with Gasteiger partial charge in [-0.2, -0.15) is 0 Å². The van der Waals surface area contributed by atoms with E-state index in [0.29, 0.717) is 6.04 Å². The van der Waals surface area contributed by atoms with E-state index >= 15 is 0 Å². The molecule has 1 aromatic carbocycles. The maximum absolute atomic E-state index is 4.39. The molecule has 70 valence electrons. The van der Waals surface area contributed by atoms with Crippen LogP contribution in [0.4, 0.5) is 0 Å². The minimum Gasteiger partial charge on any atom is -0.660 e. The predicted octanol–water partition coefficient (Wildman–Crippen LogP) is -1.42. The molecular formula is C11H15N2Rb. The number of benzene rings is 1. The Bertz CT molecular complexity index is 245. The minimum atomic E-state index is 0. The second kappa shape index (κ2) is 7.26. The third-order valence-corrected chi connectivity index (χ3v) is 2.38. The minimum absolute atomic E-state index is 0. The first kappa shape index (κ1) is 13.0. The van der Waals surface area contributed by atoms with Crippen LogP contribution in [0.3, 0.4) is 0 Å². The van der Waals surface area contributed by atoms with E-state index in [1.54, 1.807) is 0 Å². The zero-order chi connectivity index (χ0) is 8.93. The summed E-state index contributed by atoms with van der Waals surface area (Å²) in [6, 6.07) is 11.1. The molecule has 2 nitrogen and oxygen atoms in total. The molecule has 14 heavy (non-hydrogen) atoms. The van der Waals surface area contributed by atoms with Crippen molar-refractivity contribution in [3.8, 4) is 0 Å². The zero-order valence-corrected chi connectivity index (χ0v) is 13.7. The van der Waals surface area contributed by atoms with Crippen molar-refractivity contribution in [1.82, 2.24) is 5.32 Å². The van der Waals surface area contributed by atoms with Gasteiger partial charge in [0.25, 0.3) is 0 Å². The van der Waals surface area contributed by atoms with Crippen LogP contribution in [0.1, 0.15) is 5.56 Å². The largest absolute Gasteiger partial charge is 1.00 e. The molecule has 0 radical (unpaired) electrons. The first-order valence-corrected chi connectivity index (χ1v) is 4.86. The molecule has 1 aromatic rings. The van der Waals surface area contributed by atoms with Crippen LogP contribution in [-0.2, 0) is 6.42 Å². The van der Waals surface area contributed by atoms with Gasteiger partial charge < -0.3 is 10.6 Å². The molecule has 0 saturated carbocycles. The molecule has 0 unspecified atom stereocenters. The molecular weight excluding hydrogens is 246 g/mol. The fraction of sp³-hybridized carbons (Fsp3) is 0.455. The van der Waals surface area contributed by atoms with E-state index in [9.17, 15) is 0 Å². The molecule has 1 atom stereocenters. The molecule has 1 saturated heterocycles. The number of hydrogen-bond donors (Lipinski definition) is 1. The van der Waals surface area contributed by atoms with Gasteiger partial charge in [-0.3, -0.25) is 0 Å². The van der Waals surface area contributed by atoms with Crippen LogP contribution in [0.5, 0.6) is 0 Å². The van der Waals surface area contributed by atoms with Gasteiger partial charge in [-0.05, 0) is 24.6 Å². The monoisotopic (exact) mass is 260 g/mol. The topological polar surface area (TPSA) is 26.1 Å². The summed E-state index contributed by atoms with van der Waals surface area (Å²) in [4.78, 5) is 0. The Labute approximate surface area is 135 Å². The summed E-state index contributed by atoms with van der Waals surface area (Å²) in [7, 11) is 0. The van der Waals surface area contributed by atoms with Gasteiger partial charge in [0, 0.05) is 0 Å². The summed E-state index contributed by atoms with van der Waals surface area (Å²) in [5, 5.41) is 7.87. The van der Waals surface area contributed by atoms with Crippen molar-refractivity contribution in [2.75, 3.05) is 19.6 Å². The Morgan fingerprint density at radius 2 is 2.07 bits per heavy atom. The Balaban J connectivity index is 0.000000980. The molecule has 1 N–H and O–H groups in total. The summed E-state index contributed by atoms with van der Waals surface area (Å²) in [5.74, 6) is 0. The van der Waals surface area contributed by atoms with E-state index in [1.165, 1.54) is 5.56 Å². The second-order valence-electron chi connectivity index (χ2n) is 3.47. The van der Waals surface area contributed by atoms with E-state index in [4.69, 9.17) is 0 Å². The van der Waals surface area contributed by atoms with E-state index in [1.807, 2.05) is 0 Å². The van der Waals surface area contributed by atoms with Gasteiger partial charge >= 0.3 is 58.2 Å². The van der Waals surface area contributed by atoms with Gasteiger partial charge in [0.15, 0.2) is 0 Å². The molecule has 1 fully saturated rings. The van der Waals surface area contributed by atoms with Crippen LogP contribution in [0.25, 0.3) is 5.32 Å². The van der Waals surface area contributed by atoms with E-state index < -0.39 is 0 Å². The van der Waals surface area contributed by atoms with Crippen molar-refractivity contribution in [3.05, 3.63) is 41.2 Å². The van der Waals surface area contributed by atoms with Gasteiger partial charge in [0.1, 0.15) is 0 Å². The summed E-state index contributed by atoms with van der Waals surface area (Å²) < 4.78 is 0. The van der Waals surface area contributed by atoms with Crippen molar-refractivity contribution in [1.29, 1.82) is 0 Å². The van der Waals surface area contributed by atoms with Gasteiger partial charge in [-0.25, -0.2) is 0 Å². The molecule has 0 aliphatic carbocycles. The van der Waals surface area contributed by atoms with Gasteiger partial charge in [-0.1, -0.05) is 30.3 Å². The van der Waals surface area contributed by atoms with Crippen molar-refractivity contribution >= 4 is 0 Å². The SMILES string of the molecule is [Rb+].c1ccc(C[C@@H]2C[N-]CCN2)cc1. The number of nitrogens with zero attached hydrogens (tertiary/aromatic N) is 1. The molecule has 0 aromatic heterocycles. The van der Waals surface area contributed by atoms with Crippen LogP contribution in [-0.4, -0.2) is 25.7 Å². The Morgan fingerprint density at radius 3 is 2.71 bits per heavy atom. The smallest absolute Gasteiger partial charge is 0.660 e.